The third-order valence-corrected chi connectivity index (χ3v) is 3.15. The van der Waals surface area contributed by atoms with Crippen LogP contribution in [-0.4, -0.2) is 35.0 Å². The molecule has 112 valence electrons. The van der Waals surface area contributed by atoms with Crippen LogP contribution in [0.3, 0.4) is 0 Å². The number of aliphatic carboxylic acids is 1. The van der Waals surface area contributed by atoms with E-state index >= 15 is 0 Å². The first-order chi connectivity index (χ1) is 8.77. The van der Waals surface area contributed by atoms with E-state index in [1.807, 2.05) is 0 Å². The van der Waals surface area contributed by atoms with E-state index in [1.54, 1.807) is 0 Å². The molecule has 0 heterocycles. The molecule has 0 aromatic carbocycles. The molecule has 0 saturated carbocycles. The van der Waals surface area contributed by atoms with E-state index in [-0.39, 0.29) is 23.9 Å². The summed E-state index contributed by atoms with van der Waals surface area (Å²) in [6.07, 6.45) is 18.3. The molecule has 0 aliphatic rings. The van der Waals surface area contributed by atoms with Crippen molar-refractivity contribution in [2.45, 2.75) is 84.0 Å². The summed E-state index contributed by atoms with van der Waals surface area (Å²) in [6, 6.07) is 0. The Bertz CT molecular complexity index is 215. The summed E-state index contributed by atoms with van der Waals surface area (Å²) in [4.78, 5) is 10.3. The Morgan fingerprint density at radius 2 is 1.32 bits per heavy atom. The summed E-state index contributed by atoms with van der Waals surface area (Å²) in [7, 11) is 0. The number of hydrogen-bond donors (Lipinski definition) is 1. The van der Waals surface area contributed by atoms with Gasteiger partial charge in [-0.2, -0.15) is 0 Å². The Morgan fingerprint density at radius 3 is 1.84 bits per heavy atom. The van der Waals surface area contributed by atoms with Gasteiger partial charge >= 0.3 is 29.9 Å². The van der Waals surface area contributed by atoms with Gasteiger partial charge in [0.05, 0.1) is 0 Å². The monoisotopic (exact) mass is 376 g/mol. The van der Waals surface area contributed by atoms with Crippen molar-refractivity contribution in [3.8, 4) is 0 Å². The molecule has 0 aromatic rings. The Balaban J connectivity index is 0. The van der Waals surface area contributed by atoms with Crippen molar-refractivity contribution < 1.29 is 9.90 Å². The summed E-state index contributed by atoms with van der Waals surface area (Å²) < 4.78 is 0. The van der Waals surface area contributed by atoms with E-state index in [4.69, 9.17) is 5.11 Å². The van der Waals surface area contributed by atoms with Gasteiger partial charge in [-0.1, -0.05) is 57.6 Å². The second kappa shape index (κ2) is 18.0. The van der Waals surface area contributed by atoms with Crippen LogP contribution in [-0.2, 0) is 4.79 Å². The molecule has 3 heteroatoms. The number of unbranched alkanes of at least 4 members (excludes halogenated alkanes) is 9. The molecule has 0 saturated heterocycles. The summed E-state index contributed by atoms with van der Waals surface area (Å²) in [5.74, 6) is -0.666. The van der Waals surface area contributed by atoms with E-state index in [1.165, 1.54) is 57.8 Å². The molecular weight excluding hydrogens is 343 g/mol. The maximum absolute atomic E-state index is 10.3. The molecule has 0 aliphatic heterocycles. The minimum absolute atomic E-state index is 0. The zero-order chi connectivity index (χ0) is 13.5. The molecule has 19 heavy (non-hydrogen) atoms. The molecule has 0 bridgehead atoms. The molecule has 2 radical (unpaired) electrons. The summed E-state index contributed by atoms with van der Waals surface area (Å²) in [5, 5.41) is 8.48. The van der Waals surface area contributed by atoms with E-state index < -0.39 is 5.97 Å². The molecule has 2 nitrogen and oxygen atoms in total. The van der Waals surface area contributed by atoms with Gasteiger partial charge < -0.3 is 5.11 Å². The van der Waals surface area contributed by atoms with Gasteiger partial charge in [0, 0.05) is 6.42 Å². The number of allylic oxidation sites excluding steroid dienone is 2. The summed E-state index contributed by atoms with van der Waals surface area (Å²) in [5.41, 5.74) is 0. The van der Waals surface area contributed by atoms with Gasteiger partial charge in [-0.3, -0.25) is 4.79 Å². The van der Waals surface area contributed by atoms with Crippen LogP contribution in [0.5, 0.6) is 0 Å². The fourth-order valence-electron chi connectivity index (χ4n) is 1.99. The second-order valence-corrected chi connectivity index (χ2v) is 5.02. The van der Waals surface area contributed by atoms with Crippen molar-refractivity contribution in [3.05, 3.63) is 12.2 Å². The number of carboxylic acid groups (broad SMARTS) is 1. The molecule has 0 atom stereocenters. The second-order valence-electron chi connectivity index (χ2n) is 5.02. The third-order valence-electron chi connectivity index (χ3n) is 3.15. The quantitative estimate of drug-likeness (QED) is 0.294. The van der Waals surface area contributed by atoms with E-state index in [0.29, 0.717) is 6.42 Å². The zero-order valence-electron chi connectivity index (χ0n) is 12.7. The van der Waals surface area contributed by atoms with Crippen LogP contribution >= 0.6 is 0 Å². The molecule has 0 spiro atoms. The van der Waals surface area contributed by atoms with Crippen LogP contribution in [0.4, 0.5) is 0 Å². The molecule has 0 unspecified atom stereocenters. The Labute approximate surface area is 136 Å². The SMILES string of the molecule is CCCCCCC=CCCCCCCCC(=O)O.[SnH2]. The molecule has 1 N–H and O–H groups in total. The van der Waals surface area contributed by atoms with Crippen LogP contribution in [0.1, 0.15) is 84.0 Å². The standard InChI is InChI=1S/C16H30O2.Sn.2H/c1-2-3-4-5-6-7-8-9-10-11-12-13-14-15-16(17)18;;;/h7-8H,2-6,9-15H2,1H3,(H,17,18);;;. The van der Waals surface area contributed by atoms with Crippen molar-refractivity contribution in [2.24, 2.45) is 0 Å². The Hall–Kier alpha value is 0.00870. The summed E-state index contributed by atoms with van der Waals surface area (Å²) >= 11 is 0. The van der Waals surface area contributed by atoms with Crippen molar-refractivity contribution in [2.75, 3.05) is 0 Å². The zero-order valence-corrected chi connectivity index (χ0v) is 16.7. The molecule has 0 amide bonds. The molecule has 0 rings (SSSR count). The first kappa shape index (κ1) is 21.3. The normalized spacial score (nSPS) is 10.6. The number of hydrogen-bond acceptors (Lipinski definition) is 1. The van der Waals surface area contributed by atoms with Crippen LogP contribution in [0, 0.1) is 0 Å². The minimum atomic E-state index is -0.666. The van der Waals surface area contributed by atoms with Crippen molar-refractivity contribution in [1.29, 1.82) is 0 Å². The molecule has 0 fully saturated rings. The predicted molar refractivity (Wildman–Crippen MR) is 86.4 cm³/mol. The van der Waals surface area contributed by atoms with Crippen molar-refractivity contribution in [1.82, 2.24) is 0 Å². The van der Waals surface area contributed by atoms with Gasteiger partial charge in [0.1, 0.15) is 0 Å². The topological polar surface area (TPSA) is 37.3 Å². The van der Waals surface area contributed by atoms with E-state index in [0.717, 1.165) is 12.8 Å². The van der Waals surface area contributed by atoms with Gasteiger partial charge in [-0.05, 0) is 32.1 Å². The third kappa shape index (κ3) is 20.5. The number of rotatable bonds is 13. The van der Waals surface area contributed by atoms with Gasteiger partial charge in [0.15, 0.2) is 0 Å². The van der Waals surface area contributed by atoms with Crippen LogP contribution in [0.15, 0.2) is 12.2 Å². The van der Waals surface area contributed by atoms with Crippen molar-refractivity contribution in [3.63, 3.8) is 0 Å². The molecule has 0 aromatic heterocycles. The summed E-state index contributed by atoms with van der Waals surface area (Å²) in [6.45, 7) is 2.24. The Morgan fingerprint density at radius 1 is 0.842 bits per heavy atom. The van der Waals surface area contributed by atoms with E-state index in [9.17, 15) is 4.79 Å². The number of carboxylic acids is 1. The number of carbonyl (C=O) groups is 1. The maximum atomic E-state index is 10.3. The van der Waals surface area contributed by atoms with E-state index in [2.05, 4.69) is 19.1 Å². The average molecular weight is 375 g/mol. The molecule has 0 aliphatic carbocycles. The first-order valence-corrected chi connectivity index (χ1v) is 7.64. The Kier molecular flexibility index (Phi) is 20.2. The van der Waals surface area contributed by atoms with Crippen LogP contribution < -0.4 is 0 Å². The van der Waals surface area contributed by atoms with Crippen molar-refractivity contribution >= 4 is 29.9 Å². The van der Waals surface area contributed by atoms with Gasteiger partial charge in [0.25, 0.3) is 0 Å². The average Bonchev–Trinajstić information content (AvgIpc) is 2.34. The molecular formula is C16H32O2Sn. The van der Waals surface area contributed by atoms with Crippen LogP contribution in [0.2, 0.25) is 0 Å². The predicted octanol–water partition coefficient (Wildman–Crippen LogP) is 4.41. The van der Waals surface area contributed by atoms with Gasteiger partial charge in [-0.15, -0.1) is 0 Å². The van der Waals surface area contributed by atoms with Gasteiger partial charge in [0.2, 0.25) is 0 Å². The van der Waals surface area contributed by atoms with Crippen LogP contribution in [0.25, 0.3) is 0 Å². The van der Waals surface area contributed by atoms with Gasteiger partial charge in [-0.25, -0.2) is 0 Å². The first-order valence-electron chi connectivity index (χ1n) is 7.64. The fourth-order valence-corrected chi connectivity index (χ4v) is 1.99. The fraction of sp³-hybridized carbons (Fsp3) is 0.812.